The van der Waals surface area contributed by atoms with Gasteiger partial charge in [-0.05, 0) is 26.0 Å². The van der Waals surface area contributed by atoms with Gasteiger partial charge >= 0.3 is 0 Å². The Balaban J connectivity index is 2.55. The first-order valence-corrected chi connectivity index (χ1v) is 5.45. The van der Waals surface area contributed by atoms with Crippen LogP contribution in [-0.2, 0) is 0 Å². The van der Waals surface area contributed by atoms with Crippen LogP contribution < -0.4 is 4.74 Å². The first-order chi connectivity index (χ1) is 7.74. The minimum absolute atomic E-state index is 0.284. The Hall–Kier alpha value is -1.77. The fraction of sp³-hybridized carbons (Fsp3) is 0.308. The van der Waals surface area contributed by atoms with Crippen LogP contribution in [0.25, 0.3) is 10.9 Å². The number of hydrogen-bond acceptors (Lipinski definition) is 2. The van der Waals surface area contributed by atoms with Gasteiger partial charge in [0.2, 0.25) is 5.88 Å². The summed E-state index contributed by atoms with van der Waals surface area (Å²) in [4.78, 5) is 0. The van der Waals surface area contributed by atoms with Crippen molar-refractivity contribution in [3.8, 4) is 5.88 Å². The summed E-state index contributed by atoms with van der Waals surface area (Å²) in [5.41, 5.74) is 0.968. The number of rotatable bonds is 4. The fourth-order valence-electron chi connectivity index (χ4n) is 1.66. The maximum Gasteiger partial charge on any atom is 0.220 e. The van der Waals surface area contributed by atoms with Gasteiger partial charge in [-0.15, -0.1) is 0 Å². The van der Waals surface area contributed by atoms with Crippen molar-refractivity contribution < 1.29 is 4.74 Å². The summed E-state index contributed by atoms with van der Waals surface area (Å²) in [6.45, 7) is 8.34. The third-order valence-corrected chi connectivity index (χ3v) is 2.39. The third kappa shape index (κ3) is 1.81. The molecule has 3 heteroatoms. The van der Waals surface area contributed by atoms with Crippen LogP contribution >= 0.6 is 0 Å². The van der Waals surface area contributed by atoms with Gasteiger partial charge in [-0.1, -0.05) is 24.8 Å². The second kappa shape index (κ2) is 4.39. The molecule has 0 saturated heterocycles. The van der Waals surface area contributed by atoms with Crippen molar-refractivity contribution in [3.05, 3.63) is 36.9 Å². The van der Waals surface area contributed by atoms with Crippen LogP contribution in [0.4, 0.5) is 0 Å². The number of nitrogens with zero attached hydrogens (tertiary/aromatic N) is 2. The molecule has 0 unspecified atom stereocenters. The van der Waals surface area contributed by atoms with Gasteiger partial charge in [0.15, 0.2) is 0 Å². The average molecular weight is 216 g/mol. The number of hydrogen-bond donors (Lipinski definition) is 0. The lowest BCUT2D eigenvalue weighted by Crippen LogP contribution is -2.07. The fourth-order valence-corrected chi connectivity index (χ4v) is 1.66. The standard InChI is InChI=1S/C13H16N2O/c1-4-9-16-13-11-7-5-6-8-12(11)14-15(13)10(2)3/h4-8,10H,1,9H2,2-3H3. The van der Waals surface area contributed by atoms with Crippen LogP contribution in [-0.4, -0.2) is 16.4 Å². The van der Waals surface area contributed by atoms with Crippen LogP contribution in [0.15, 0.2) is 36.9 Å². The Morgan fingerprint density at radius 1 is 1.44 bits per heavy atom. The van der Waals surface area contributed by atoms with Crippen molar-refractivity contribution in [2.24, 2.45) is 0 Å². The van der Waals surface area contributed by atoms with E-state index in [0.717, 1.165) is 16.8 Å². The van der Waals surface area contributed by atoms with E-state index in [4.69, 9.17) is 4.74 Å². The van der Waals surface area contributed by atoms with E-state index in [9.17, 15) is 0 Å². The van der Waals surface area contributed by atoms with E-state index in [1.165, 1.54) is 0 Å². The number of benzene rings is 1. The van der Waals surface area contributed by atoms with Crippen molar-refractivity contribution in [2.75, 3.05) is 6.61 Å². The lowest BCUT2D eigenvalue weighted by atomic mass is 10.2. The molecule has 0 aliphatic rings. The van der Waals surface area contributed by atoms with Crippen molar-refractivity contribution in [2.45, 2.75) is 19.9 Å². The molecule has 2 aromatic rings. The van der Waals surface area contributed by atoms with E-state index in [0.29, 0.717) is 6.61 Å². The molecule has 84 valence electrons. The number of ether oxygens (including phenoxy) is 1. The van der Waals surface area contributed by atoms with Gasteiger partial charge in [0.25, 0.3) is 0 Å². The maximum atomic E-state index is 5.68. The van der Waals surface area contributed by atoms with Gasteiger partial charge in [-0.3, -0.25) is 0 Å². The Morgan fingerprint density at radius 3 is 2.88 bits per heavy atom. The van der Waals surface area contributed by atoms with E-state index < -0.39 is 0 Å². The number of fused-ring (bicyclic) bond motifs is 1. The molecule has 0 radical (unpaired) electrons. The summed E-state index contributed by atoms with van der Waals surface area (Å²) in [5, 5.41) is 5.58. The quantitative estimate of drug-likeness (QED) is 0.734. The molecule has 0 fully saturated rings. The smallest absolute Gasteiger partial charge is 0.220 e. The molecule has 0 bridgehead atoms. The normalized spacial score (nSPS) is 10.9. The molecule has 0 aliphatic carbocycles. The lowest BCUT2D eigenvalue weighted by molar-refractivity contribution is 0.313. The van der Waals surface area contributed by atoms with E-state index in [1.807, 2.05) is 28.9 Å². The minimum atomic E-state index is 0.284. The van der Waals surface area contributed by atoms with Gasteiger partial charge in [0.1, 0.15) is 6.61 Å². The van der Waals surface area contributed by atoms with Crippen molar-refractivity contribution in [1.82, 2.24) is 9.78 Å². The molecule has 16 heavy (non-hydrogen) atoms. The zero-order chi connectivity index (χ0) is 11.5. The largest absolute Gasteiger partial charge is 0.473 e. The van der Waals surface area contributed by atoms with E-state index >= 15 is 0 Å². The molecule has 0 aliphatic heterocycles. The maximum absolute atomic E-state index is 5.68. The Bertz CT molecular complexity index is 500. The van der Waals surface area contributed by atoms with Crippen molar-refractivity contribution in [3.63, 3.8) is 0 Å². The topological polar surface area (TPSA) is 27.1 Å². The van der Waals surface area contributed by atoms with Gasteiger partial charge in [0.05, 0.1) is 16.9 Å². The predicted octanol–water partition coefficient (Wildman–Crippen LogP) is 3.18. The summed E-state index contributed by atoms with van der Waals surface area (Å²) in [5.74, 6) is 0.825. The summed E-state index contributed by atoms with van der Waals surface area (Å²) in [7, 11) is 0. The van der Waals surface area contributed by atoms with Gasteiger partial charge < -0.3 is 4.74 Å². The minimum Gasteiger partial charge on any atom is -0.473 e. The average Bonchev–Trinajstić information content (AvgIpc) is 2.65. The predicted molar refractivity (Wildman–Crippen MR) is 65.8 cm³/mol. The Morgan fingerprint density at radius 2 is 2.19 bits per heavy atom. The molecule has 0 saturated carbocycles. The molecule has 0 amide bonds. The van der Waals surface area contributed by atoms with Crippen LogP contribution in [0.3, 0.4) is 0 Å². The van der Waals surface area contributed by atoms with E-state index in [-0.39, 0.29) is 6.04 Å². The molecule has 1 aromatic heterocycles. The van der Waals surface area contributed by atoms with Crippen molar-refractivity contribution in [1.29, 1.82) is 0 Å². The van der Waals surface area contributed by atoms with Gasteiger partial charge in [-0.2, -0.15) is 5.10 Å². The highest BCUT2D eigenvalue weighted by Gasteiger charge is 2.13. The van der Waals surface area contributed by atoms with Gasteiger partial charge in [-0.25, -0.2) is 4.68 Å². The van der Waals surface area contributed by atoms with E-state index in [2.05, 4.69) is 25.5 Å². The summed E-state index contributed by atoms with van der Waals surface area (Å²) in [6.07, 6.45) is 1.74. The first-order valence-electron chi connectivity index (χ1n) is 5.45. The Labute approximate surface area is 95.3 Å². The van der Waals surface area contributed by atoms with Crippen molar-refractivity contribution >= 4 is 10.9 Å². The molecular formula is C13H16N2O. The monoisotopic (exact) mass is 216 g/mol. The van der Waals surface area contributed by atoms with Crippen LogP contribution in [0, 0.1) is 0 Å². The van der Waals surface area contributed by atoms with Gasteiger partial charge in [0, 0.05) is 0 Å². The second-order valence-electron chi connectivity index (χ2n) is 3.96. The lowest BCUT2D eigenvalue weighted by Gasteiger charge is -2.10. The number of aromatic nitrogens is 2. The zero-order valence-corrected chi connectivity index (χ0v) is 9.68. The van der Waals surface area contributed by atoms with Crippen LogP contribution in [0.2, 0.25) is 0 Å². The molecule has 1 heterocycles. The first kappa shape index (κ1) is 10.7. The summed E-state index contributed by atoms with van der Waals surface area (Å²) < 4.78 is 7.59. The summed E-state index contributed by atoms with van der Waals surface area (Å²) in [6, 6.07) is 8.29. The highest BCUT2D eigenvalue weighted by Crippen LogP contribution is 2.28. The second-order valence-corrected chi connectivity index (χ2v) is 3.96. The highest BCUT2D eigenvalue weighted by molar-refractivity contribution is 5.84. The molecule has 1 aromatic carbocycles. The SMILES string of the molecule is C=CCOc1c2ccccc2nn1C(C)C. The summed E-state index contributed by atoms with van der Waals surface area (Å²) >= 11 is 0. The Kier molecular flexibility index (Phi) is 2.95. The molecule has 0 N–H and O–H groups in total. The van der Waals surface area contributed by atoms with Crippen LogP contribution in [0.1, 0.15) is 19.9 Å². The molecular weight excluding hydrogens is 200 g/mol. The highest BCUT2D eigenvalue weighted by atomic mass is 16.5. The van der Waals surface area contributed by atoms with Crippen LogP contribution in [0.5, 0.6) is 5.88 Å². The molecule has 2 rings (SSSR count). The molecule has 3 nitrogen and oxygen atoms in total. The van der Waals surface area contributed by atoms with E-state index in [1.54, 1.807) is 6.08 Å². The zero-order valence-electron chi connectivity index (χ0n) is 9.68. The third-order valence-electron chi connectivity index (χ3n) is 2.39. The molecule has 0 atom stereocenters. The molecule has 0 spiro atoms.